The minimum Gasteiger partial charge on any atom is -0.488 e. The monoisotopic (exact) mass is 308 g/mol. The van der Waals surface area contributed by atoms with Gasteiger partial charge in [-0.1, -0.05) is 41.4 Å². The first kappa shape index (κ1) is 14.7. The summed E-state index contributed by atoms with van der Waals surface area (Å²) in [5.74, 6) is 0.762. The van der Waals surface area contributed by atoms with Crippen LogP contribution in [0.4, 0.5) is 0 Å². The van der Waals surface area contributed by atoms with E-state index in [1.807, 2.05) is 30.3 Å². The predicted molar refractivity (Wildman–Crippen MR) is 83.9 cm³/mol. The van der Waals surface area contributed by atoms with Crippen molar-refractivity contribution in [3.63, 3.8) is 0 Å². The van der Waals surface area contributed by atoms with Crippen LogP contribution in [0, 0.1) is 0 Å². The Labute approximate surface area is 128 Å². The Kier molecular flexibility index (Phi) is 5.27. The number of nitrogens with zero attached hydrogens (tertiary/aromatic N) is 1. The number of hydrogen-bond acceptors (Lipinski definition) is 3. The highest BCUT2D eigenvalue weighted by Gasteiger charge is 2.03. The Morgan fingerprint density at radius 1 is 1.15 bits per heavy atom. The van der Waals surface area contributed by atoms with Gasteiger partial charge in [-0.25, -0.2) is 0 Å². The van der Waals surface area contributed by atoms with Crippen LogP contribution in [0.25, 0.3) is 0 Å². The number of hydrogen-bond donors (Lipinski definition) is 1. The second-order valence-corrected chi connectivity index (χ2v) is 4.87. The van der Waals surface area contributed by atoms with Gasteiger partial charge in [-0.2, -0.15) is 5.10 Å². The number of rotatable bonds is 5. The van der Waals surface area contributed by atoms with E-state index in [9.17, 15) is 0 Å². The van der Waals surface area contributed by atoms with E-state index in [1.54, 1.807) is 25.4 Å². The number of halogens is 2. The van der Waals surface area contributed by atoms with Crippen molar-refractivity contribution >= 4 is 29.4 Å². The Bertz CT molecular complexity index is 615. The van der Waals surface area contributed by atoms with Gasteiger partial charge < -0.3 is 10.2 Å². The maximum Gasteiger partial charge on any atom is 0.128 e. The van der Waals surface area contributed by atoms with Gasteiger partial charge in [0.1, 0.15) is 12.4 Å². The molecule has 0 aliphatic carbocycles. The summed E-state index contributed by atoms with van der Waals surface area (Å²) in [5.41, 5.74) is 4.58. The highest BCUT2D eigenvalue weighted by atomic mass is 35.5. The van der Waals surface area contributed by atoms with Crippen LogP contribution in [0.3, 0.4) is 0 Å². The van der Waals surface area contributed by atoms with Crippen molar-refractivity contribution in [1.29, 1.82) is 0 Å². The molecule has 1 N–H and O–H groups in total. The highest BCUT2D eigenvalue weighted by molar-refractivity contribution is 6.42. The van der Waals surface area contributed by atoms with Gasteiger partial charge in [0.25, 0.3) is 0 Å². The number of ether oxygens (including phenoxy) is 1. The third kappa shape index (κ3) is 3.89. The summed E-state index contributed by atoms with van der Waals surface area (Å²) >= 11 is 11.9. The van der Waals surface area contributed by atoms with E-state index >= 15 is 0 Å². The minimum absolute atomic E-state index is 0.418. The third-order valence-corrected chi connectivity index (χ3v) is 3.37. The first-order chi connectivity index (χ1) is 9.70. The molecule has 0 saturated heterocycles. The summed E-state index contributed by atoms with van der Waals surface area (Å²) < 4.78 is 5.79. The van der Waals surface area contributed by atoms with Gasteiger partial charge >= 0.3 is 0 Å². The molecule has 0 aliphatic rings. The molecule has 0 atom stereocenters. The van der Waals surface area contributed by atoms with Gasteiger partial charge in [-0.05, 0) is 29.8 Å². The van der Waals surface area contributed by atoms with Crippen LogP contribution in [0.15, 0.2) is 47.6 Å². The van der Waals surface area contributed by atoms with Crippen molar-refractivity contribution in [1.82, 2.24) is 5.43 Å². The summed E-state index contributed by atoms with van der Waals surface area (Å²) in [7, 11) is 1.75. The lowest BCUT2D eigenvalue weighted by molar-refractivity contribution is 0.306. The van der Waals surface area contributed by atoms with Gasteiger partial charge in [0.2, 0.25) is 0 Å². The SMILES string of the molecule is CNN=Cc1ccccc1OCc1ccc(Cl)c(Cl)c1. The topological polar surface area (TPSA) is 33.6 Å². The second kappa shape index (κ2) is 7.17. The quantitative estimate of drug-likeness (QED) is 0.665. The van der Waals surface area contributed by atoms with Crippen molar-refractivity contribution in [2.75, 3.05) is 7.05 Å². The molecule has 0 heterocycles. The normalized spacial score (nSPS) is 10.8. The molecule has 0 radical (unpaired) electrons. The molecule has 20 heavy (non-hydrogen) atoms. The van der Waals surface area contributed by atoms with Gasteiger partial charge in [-0.3, -0.25) is 0 Å². The molecule has 0 spiro atoms. The van der Waals surface area contributed by atoms with Crippen LogP contribution in [0.2, 0.25) is 10.0 Å². The van der Waals surface area contributed by atoms with Gasteiger partial charge in [0.05, 0.1) is 16.3 Å². The van der Waals surface area contributed by atoms with E-state index in [-0.39, 0.29) is 0 Å². The zero-order valence-electron chi connectivity index (χ0n) is 10.9. The van der Waals surface area contributed by atoms with Gasteiger partial charge in [-0.15, -0.1) is 0 Å². The van der Waals surface area contributed by atoms with E-state index in [0.29, 0.717) is 16.7 Å². The lowest BCUT2D eigenvalue weighted by Gasteiger charge is -2.09. The molecule has 0 aliphatic heterocycles. The molecule has 0 amide bonds. The lowest BCUT2D eigenvalue weighted by atomic mass is 10.2. The van der Waals surface area contributed by atoms with Crippen molar-refractivity contribution in [3.8, 4) is 5.75 Å². The largest absolute Gasteiger partial charge is 0.488 e. The molecule has 0 unspecified atom stereocenters. The van der Waals surface area contributed by atoms with Crippen LogP contribution >= 0.6 is 23.2 Å². The summed E-state index contributed by atoms with van der Waals surface area (Å²) in [6.45, 7) is 0.418. The minimum atomic E-state index is 0.418. The summed E-state index contributed by atoms with van der Waals surface area (Å²) in [6, 6.07) is 13.1. The van der Waals surface area contributed by atoms with Crippen molar-refractivity contribution in [2.24, 2.45) is 5.10 Å². The molecule has 5 heteroatoms. The zero-order valence-corrected chi connectivity index (χ0v) is 12.4. The number of benzene rings is 2. The van der Waals surface area contributed by atoms with Crippen molar-refractivity contribution in [3.05, 3.63) is 63.6 Å². The Morgan fingerprint density at radius 3 is 2.70 bits per heavy atom. The van der Waals surface area contributed by atoms with E-state index in [1.165, 1.54) is 0 Å². The lowest BCUT2D eigenvalue weighted by Crippen LogP contribution is -2.00. The van der Waals surface area contributed by atoms with Crippen LogP contribution in [0.5, 0.6) is 5.75 Å². The van der Waals surface area contributed by atoms with E-state index in [0.717, 1.165) is 16.9 Å². The van der Waals surface area contributed by atoms with E-state index in [4.69, 9.17) is 27.9 Å². The van der Waals surface area contributed by atoms with Crippen LogP contribution in [0.1, 0.15) is 11.1 Å². The number of para-hydroxylation sites is 1. The van der Waals surface area contributed by atoms with Crippen LogP contribution in [-0.4, -0.2) is 13.3 Å². The van der Waals surface area contributed by atoms with E-state index < -0.39 is 0 Å². The molecule has 0 bridgehead atoms. The fourth-order valence-electron chi connectivity index (χ4n) is 1.64. The Morgan fingerprint density at radius 2 is 1.95 bits per heavy atom. The summed E-state index contributed by atoms with van der Waals surface area (Å²) in [5, 5.41) is 5.05. The highest BCUT2D eigenvalue weighted by Crippen LogP contribution is 2.24. The molecule has 2 aromatic carbocycles. The standard InChI is InChI=1S/C15H14Cl2N2O/c1-18-19-9-12-4-2-3-5-15(12)20-10-11-6-7-13(16)14(17)8-11/h2-9,18H,10H2,1H3. The zero-order chi connectivity index (χ0) is 14.4. The summed E-state index contributed by atoms with van der Waals surface area (Å²) in [4.78, 5) is 0. The first-order valence-electron chi connectivity index (χ1n) is 6.06. The molecule has 0 aromatic heterocycles. The maximum absolute atomic E-state index is 5.98. The Hall–Kier alpha value is -1.71. The second-order valence-electron chi connectivity index (χ2n) is 4.06. The molecule has 3 nitrogen and oxygen atoms in total. The molecule has 2 aromatic rings. The molecular weight excluding hydrogens is 295 g/mol. The van der Waals surface area contributed by atoms with Crippen LogP contribution < -0.4 is 10.2 Å². The Balaban J connectivity index is 2.10. The van der Waals surface area contributed by atoms with Crippen LogP contribution in [-0.2, 0) is 6.61 Å². The molecule has 2 rings (SSSR count). The molecule has 104 valence electrons. The number of hydrazone groups is 1. The predicted octanol–water partition coefficient (Wildman–Crippen LogP) is 4.13. The van der Waals surface area contributed by atoms with Crippen molar-refractivity contribution in [2.45, 2.75) is 6.61 Å². The molecular formula is C15H14Cl2N2O. The number of nitrogens with one attached hydrogen (secondary N) is 1. The van der Waals surface area contributed by atoms with Gasteiger partial charge in [0, 0.05) is 12.6 Å². The van der Waals surface area contributed by atoms with Gasteiger partial charge in [0.15, 0.2) is 0 Å². The first-order valence-corrected chi connectivity index (χ1v) is 6.82. The fraction of sp³-hybridized carbons (Fsp3) is 0.133. The van der Waals surface area contributed by atoms with E-state index in [2.05, 4.69) is 10.5 Å². The van der Waals surface area contributed by atoms with Crippen molar-refractivity contribution < 1.29 is 4.74 Å². The summed E-state index contributed by atoms with van der Waals surface area (Å²) in [6.07, 6.45) is 1.71. The fourth-order valence-corrected chi connectivity index (χ4v) is 1.96. The molecule has 0 saturated carbocycles. The maximum atomic E-state index is 5.98. The molecule has 0 fully saturated rings. The average Bonchev–Trinajstić information content (AvgIpc) is 2.47. The average molecular weight is 309 g/mol. The third-order valence-electron chi connectivity index (χ3n) is 2.63. The smallest absolute Gasteiger partial charge is 0.128 e.